The Balaban J connectivity index is 1.37. The Hall–Kier alpha value is -3.98. The Labute approximate surface area is 202 Å². The number of fused-ring (bicyclic) bond motifs is 1. The summed E-state index contributed by atoms with van der Waals surface area (Å²) in [7, 11) is 0. The van der Waals surface area contributed by atoms with Crippen molar-refractivity contribution in [2.45, 2.75) is 25.2 Å². The molecule has 0 fully saturated rings. The lowest BCUT2D eigenvalue weighted by molar-refractivity contribution is -0.118. The zero-order chi connectivity index (χ0) is 23.8. The third-order valence-corrected chi connectivity index (χ3v) is 5.93. The van der Waals surface area contributed by atoms with E-state index in [1.807, 2.05) is 54.0 Å². The van der Waals surface area contributed by atoms with E-state index >= 15 is 0 Å². The molecule has 0 unspecified atom stereocenters. The summed E-state index contributed by atoms with van der Waals surface area (Å²) >= 11 is 1.30. The van der Waals surface area contributed by atoms with Crippen LogP contribution >= 0.6 is 11.8 Å². The average molecular weight is 472 g/mol. The number of nitrogens with zero attached hydrogens (tertiary/aromatic N) is 5. The minimum Gasteiger partial charge on any atom is -0.377 e. The van der Waals surface area contributed by atoms with E-state index in [4.69, 9.17) is 0 Å². The Morgan fingerprint density at radius 2 is 1.94 bits per heavy atom. The molecule has 4 aromatic rings. The van der Waals surface area contributed by atoms with Crippen molar-refractivity contribution in [3.63, 3.8) is 0 Å². The molecule has 0 saturated heterocycles. The van der Waals surface area contributed by atoms with E-state index in [1.54, 1.807) is 6.08 Å². The summed E-state index contributed by atoms with van der Waals surface area (Å²) in [4.78, 5) is 16.5. The monoisotopic (exact) mass is 471 g/mol. The van der Waals surface area contributed by atoms with Crippen LogP contribution in [0.3, 0.4) is 0 Å². The number of hydrogen-bond acceptors (Lipinski definition) is 7. The fourth-order valence-electron chi connectivity index (χ4n) is 3.39. The molecule has 0 spiro atoms. The maximum Gasteiger partial charge on any atom is 0.250 e. The summed E-state index contributed by atoms with van der Waals surface area (Å²) in [5.74, 6) is 0.682. The molecule has 4 rings (SSSR count). The summed E-state index contributed by atoms with van der Waals surface area (Å²) in [6.45, 7) is 6.78. The smallest absolute Gasteiger partial charge is 0.250 e. The summed E-state index contributed by atoms with van der Waals surface area (Å²) in [6, 6.07) is 20.0. The summed E-state index contributed by atoms with van der Waals surface area (Å²) in [6.07, 6.45) is 3.31. The van der Waals surface area contributed by atoms with Gasteiger partial charge in [-0.15, -0.1) is 16.8 Å². The van der Waals surface area contributed by atoms with Crippen molar-refractivity contribution in [2.24, 2.45) is 5.10 Å². The molecule has 2 aromatic heterocycles. The fraction of sp³-hybridized carbons (Fsp3) is 0.160. The van der Waals surface area contributed by atoms with Gasteiger partial charge in [0.1, 0.15) is 0 Å². The molecule has 9 heteroatoms. The van der Waals surface area contributed by atoms with Crippen molar-refractivity contribution >= 4 is 40.3 Å². The molecule has 0 radical (unpaired) electrons. The van der Waals surface area contributed by atoms with E-state index in [-0.39, 0.29) is 11.7 Å². The topological polar surface area (TPSA) is 97.1 Å². The van der Waals surface area contributed by atoms with Crippen LogP contribution in [0, 0.1) is 6.92 Å². The SMILES string of the molecule is C=CCn1c(CNc2cccc3ccccc23)nnc1SCC(=O)NN=Cc1cccc(C)n1. The number of carbonyl (C=O) groups excluding carboxylic acids is 1. The van der Waals surface area contributed by atoms with Gasteiger partial charge >= 0.3 is 0 Å². The maximum atomic E-state index is 12.2. The molecule has 0 aliphatic carbocycles. The number of allylic oxidation sites excluding steroid dienone is 1. The van der Waals surface area contributed by atoms with Crippen LogP contribution < -0.4 is 10.7 Å². The van der Waals surface area contributed by atoms with E-state index in [0.717, 1.165) is 22.6 Å². The van der Waals surface area contributed by atoms with Gasteiger partial charge in [0.2, 0.25) is 0 Å². The summed E-state index contributed by atoms with van der Waals surface area (Å²) < 4.78 is 1.95. The van der Waals surface area contributed by atoms with Crippen LogP contribution in [0.15, 0.2) is 83.6 Å². The first kappa shape index (κ1) is 23.2. The van der Waals surface area contributed by atoms with Crippen molar-refractivity contribution in [1.29, 1.82) is 0 Å². The number of pyridine rings is 1. The quantitative estimate of drug-likeness (QED) is 0.156. The van der Waals surface area contributed by atoms with Gasteiger partial charge < -0.3 is 9.88 Å². The van der Waals surface area contributed by atoms with Crippen LogP contribution in [0.5, 0.6) is 0 Å². The molecule has 2 heterocycles. The molecule has 0 aliphatic rings. The van der Waals surface area contributed by atoms with Gasteiger partial charge in [-0.05, 0) is 30.5 Å². The number of aromatic nitrogens is 4. The lowest BCUT2D eigenvalue weighted by Crippen LogP contribution is -2.20. The maximum absolute atomic E-state index is 12.2. The van der Waals surface area contributed by atoms with Crippen LogP contribution in [-0.4, -0.2) is 37.6 Å². The van der Waals surface area contributed by atoms with Gasteiger partial charge in [0.15, 0.2) is 11.0 Å². The van der Waals surface area contributed by atoms with Crippen LogP contribution in [0.4, 0.5) is 5.69 Å². The molecule has 0 atom stereocenters. The number of hydrogen-bond donors (Lipinski definition) is 2. The minimum atomic E-state index is -0.238. The number of aryl methyl sites for hydroxylation is 1. The second-order valence-corrected chi connectivity index (χ2v) is 8.41. The first-order chi connectivity index (χ1) is 16.6. The number of carbonyl (C=O) groups is 1. The Kier molecular flexibility index (Phi) is 7.67. The van der Waals surface area contributed by atoms with Gasteiger partial charge in [0.05, 0.1) is 24.2 Å². The van der Waals surface area contributed by atoms with Crippen LogP contribution in [0.25, 0.3) is 10.8 Å². The molecule has 172 valence electrons. The van der Waals surface area contributed by atoms with E-state index in [9.17, 15) is 4.79 Å². The molecule has 1 amide bonds. The average Bonchev–Trinajstić information content (AvgIpc) is 3.23. The lowest BCUT2D eigenvalue weighted by atomic mass is 10.1. The first-order valence-electron chi connectivity index (χ1n) is 10.8. The zero-order valence-electron chi connectivity index (χ0n) is 18.8. The number of amides is 1. The predicted molar refractivity (Wildman–Crippen MR) is 137 cm³/mol. The number of thioether (sulfide) groups is 1. The number of hydrazone groups is 1. The third kappa shape index (κ3) is 5.87. The molecule has 34 heavy (non-hydrogen) atoms. The summed E-state index contributed by atoms with van der Waals surface area (Å²) in [5.41, 5.74) is 5.12. The van der Waals surface area contributed by atoms with Crippen LogP contribution in [0.2, 0.25) is 0 Å². The predicted octanol–water partition coefficient (Wildman–Crippen LogP) is 4.18. The molecule has 2 N–H and O–H groups in total. The van der Waals surface area contributed by atoms with Crippen molar-refractivity contribution < 1.29 is 4.79 Å². The normalized spacial score (nSPS) is 11.1. The largest absolute Gasteiger partial charge is 0.377 e. The van der Waals surface area contributed by atoms with E-state index in [1.165, 1.54) is 23.4 Å². The van der Waals surface area contributed by atoms with Gasteiger partial charge in [-0.1, -0.05) is 60.3 Å². The van der Waals surface area contributed by atoms with E-state index in [0.29, 0.717) is 23.9 Å². The lowest BCUT2D eigenvalue weighted by Gasteiger charge is -2.11. The fourth-order valence-corrected chi connectivity index (χ4v) is 4.15. The van der Waals surface area contributed by atoms with Gasteiger partial charge in [0, 0.05) is 23.3 Å². The van der Waals surface area contributed by atoms with Crippen LogP contribution in [0.1, 0.15) is 17.2 Å². The van der Waals surface area contributed by atoms with Crippen molar-refractivity contribution in [2.75, 3.05) is 11.1 Å². The highest BCUT2D eigenvalue weighted by Gasteiger charge is 2.13. The molecular formula is C25H25N7OS. The van der Waals surface area contributed by atoms with Gasteiger partial charge in [-0.25, -0.2) is 5.43 Å². The Morgan fingerprint density at radius 3 is 2.79 bits per heavy atom. The number of anilines is 1. The number of rotatable bonds is 10. The van der Waals surface area contributed by atoms with E-state index in [2.05, 4.69) is 55.8 Å². The van der Waals surface area contributed by atoms with Crippen molar-refractivity contribution in [1.82, 2.24) is 25.2 Å². The second-order valence-electron chi connectivity index (χ2n) is 7.46. The standard InChI is InChI=1S/C25H25N7OS/c1-3-14-32-23(16-26-22-13-7-10-19-9-4-5-12-21(19)22)29-31-25(32)34-17-24(33)30-27-15-20-11-6-8-18(2)28-20/h3-13,15,26H,1,14,16-17H2,2H3,(H,30,33). The molecule has 8 nitrogen and oxygen atoms in total. The molecule has 0 saturated carbocycles. The Bertz CT molecular complexity index is 1330. The second kappa shape index (κ2) is 11.2. The van der Waals surface area contributed by atoms with Gasteiger partial charge in [-0.2, -0.15) is 5.10 Å². The van der Waals surface area contributed by atoms with Crippen molar-refractivity contribution in [3.05, 3.63) is 90.5 Å². The first-order valence-corrected chi connectivity index (χ1v) is 11.8. The highest BCUT2D eigenvalue weighted by atomic mass is 32.2. The van der Waals surface area contributed by atoms with Crippen LogP contribution in [-0.2, 0) is 17.9 Å². The zero-order valence-corrected chi connectivity index (χ0v) is 19.6. The molecule has 0 aliphatic heterocycles. The Morgan fingerprint density at radius 1 is 1.12 bits per heavy atom. The van der Waals surface area contributed by atoms with E-state index < -0.39 is 0 Å². The van der Waals surface area contributed by atoms with Crippen molar-refractivity contribution in [3.8, 4) is 0 Å². The highest BCUT2D eigenvalue weighted by Crippen LogP contribution is 2.24. The molecular weight excluding hydrogens is 446 g/mol. The van der Waals surface area contributed by atoms with Gasteiger partial charge in [0.25, 0.3) is 5.91 Å². The molecule has 2 aromatic carbocycles. The number of nitrogens with one attached hydrogen (secondary N) is 2. The third-order valence-electron chi connectivity index (χ3n) is 4.96. The minimum absolute atomic E-state index is 0.157. The van der Waals surface area contributed by atoms with Gasteiger partial charge in [-0.3, -0.25) is 9.78 Å². The molecule has 0 bridgehead atoms. The summed E-state index contributed by atoms with van der Waals surface area (Å²) in [5, 5.41) is 19.0. The number of benzene rings is 2. The highest BCUT2D eigenvalue weighted by molar-refractivity contribution is 7.99.